The molecule has 0 radical (unpaired) electrons. The smallest absolute Gasteiger partial charge is 0.254 e. The number of fused-ring (bicyclic) bond motifs is 1. The number of ether oxygens (including phenoxy) is 1. The van der Waals surface area contributed by atoms with Crippen LogP contribution in [-0.2, 0) is 11.2 Å². The molecular formula is C29H32N2O3. The topological polar surface area (TPSA) is 49.9 Å². The lowest BCUT2D eigenvalue weighted by atomic mass is 9.93. The number of hydrogen-bond donors (Lipinski definition) is 0. The van der Waals surface area contributed by atoms with Crippen LogP contribution >= 0.6 is 0 Å². The van der Waals surface area contributed by atoms with E-state index in [1.54, 1.807) is 7.11 Å². The molecular weight excluding hydrogens is 424 g/mol. The van der Waals surface area contributed by atoms with Crippen LogP contribution in [-0.4, -0.2) is 54.4 Å². The second-order valence-corrected chi connectivity index (χ2v) is 9.48. The van der Waals surface area contributed by atoms with Crippen LogP contribution in [0.4, 0.5) is 0 Å². The number of amides is 2. The molecule has 0 spiro atoms. The van der Waals surface area contributed by atoms with Gasteiger partial charge in [0.15, 0.2) is 0 Å². The molecule has 5 rings (SSSR count). The summed E-state index contributed by atoms with van der Waals surface area (Å²) in [7, 11) is 1.68. The number of nitrogens with zero attached hydrogens (tertiary/aromatic N) is 2. The summed E-state index contributed by atoms with van der Waals surface area (Å²) < 4.78 is 5.36. The maximum Gasteiger partial charge on any atom is 0.254 e. The molecule has 34 heavy (non-hydrogen) atoms. The number of carbonyl (C=O) groups is 2. The van der Waals surface area contributed by atoms with Gasteiger partial charge in [-0.3, -0.25) is 9.59 Å². The van der Waals surface area contributed by atoms with Crippen LogP contribution < -0.4 is 4.74 Å². The van der Waals surface area contributed by atoms with Gasteiger partial charge in [0.1, 0.15) is 5.75 Å². The predicted octanol–water partition coefficient (Wildman–Crippen LogP) is 4.93. The molecule has 2 amide bonds. The average Bonchev–Trinajstić information content (AvgIpc) is 3.35. The lowest BCUT2D eigenvalue weighted by Crippen LogP contribution is -2.46. The van der Waals surface area contributed by atoms with Crippen LogP contribution in [0.5, 0.6) is 5.75 Å². The minimum absolute atomic E-state index is 0.00229. The van der Waals surface area contributed by atoms with E-state index in [2.05, 4.69) is 17.0 Å². The number of piperidine rings is 1. The first kappa shape index (κ1) is 22.5. The van der Waals surface area contributed by atoms with Gasteiger partial charge in [0, 0.05) is 37.2 Å². The summed E-state index contributed by atoms with van der Waals surface area (Å²) in [6.45, 7) is 2.10. The Hall–Kier alpha value is -3.34. The molecule has 0 aromatic heterocycles. The van der Waals surface area contributed by atoms with Gasteiger partial charge >= 0.3 is 0 Å². The van der Waals surface area contributed by atoms with Crippen molar-refractivity contribution in [3.05, 3.63) is 77.9 Å². The van der Waals surface area contributed by atoms with Crippen LogP contribution in [0.15, 0.2) is 66.7 Å². The Balaban J connectivity index is 1.22. The first-order valence-corrected chi connectivity index (χ1v) is 12.3. The minimum atomic E-state index is 0.00229. The standard InChI is InChI=1S/C29H32N2O3/c1-34-25-11-4-7-21(20-25)19-24-10-6-16-31(24)28(32)23-14-17-30(18-15-23)29(33)27-13-5-9-22-8-2-3-12-26(22)27/h2-5,7-9,11-13,20,23-24H,6,10,14-19H2,1H3. The number of benzene rings is 3. The maximum absolute atomic E-state index is 13.4. The van der Waals surface area contributed by atoms with Crippen LogP contribution in [0.2, 0.25) is 0 Å². The SMILES string of the molecule is COc1cccc(CC2CCCN2C(=O)C2CCN(C(=O)c3cccc4ccccc34)CC2)c1. The molecule has 5 heteroatoms. The van der Waals surface area contributed by atoms with E-state index in [0.717, 1.165) is 60.7 Å². The van der Waals surface area contributed by atoms with E-state index in [-0.39, 0.29) is 23.8 Å². The highest BCUT2D eigenvalue weighted by Gasteiger charge is 2.35. The normalized spacial score (nSPS) is 18.9. The molecule has 5 nitrogen and oxygen atoms in total. The van der Waals surface area contributed by atoms with E-state index >= 15 is 0 Å². The zero-order valence-corrected chi connectivity index (χ0v) is 19.8. The largest absolute Gasteiger partial charge is 0.497 e. The molecule has 0 aliphatic carbocycles. The molecule has 176 valence electrons. The van der Waals surface area contributed by atoms with Gasteiger partial charge in [0.2, 0.25) is 5.91 Å². The molecule has 1 atom stereocenters. The van der Waals surface area contributed by atoms with Crippen molar-refractivity contribution in [3.8, 4) is 5.75 Å². The van der Waals surface area contributed by atoms with E-state index < -0.39 is 0 Å². The fourth-order valence-electron chi connectivity index (χ4n) is 5.56. The fraction of sp³-hybridized carbons (Fsp3) is 0.379. The third-order valence-electron chi connectivity index (χ3n) is 7.42. The lowest BCUT2D eigenvalue weighted by molar-refractivity contribution is -0.137. The van der Waals surface area contributed by atoms with Gasteiger partial charge in [-0.25, -0.2) is 0 Å². The predicted molar refractivity (Wildman–Crippen MR) is 134 cm³/mol. The third-order valence-corrected chi connectivity index (χ3v) is 7.42. The molecule has 3 aromatic rings. The Morgan fingerprint density at radius 3 is 2.50 bits per heavy atom. The molecule has 2 aliphatic rings. The Morgan fingerprint density at radius 1 is 0.912 bits per heavy atom. The molecule has 2 saturated heterocycles. The Kier molecular flexibility index (Phi) is 6.52. The molecule has 2 heterocycles. The maximum atomic E-state index is 13.4. The Morgan fingerprint density at radius 2 is 1.68 bits per heavy atom. The zero-order valence-electron chi connectivity index (χ0n) is 19.8. The zero-order chi connectivity index (χ0) is 23.5. The van der Waals surface area contributed by atoms with Crippen molar-refractivity contribution in [3.63, 3.8) is 0 Å². The molecule has 1 unspecified atom stereocenters. The summed E-state index contributed by atoms with van der Waals surface area (Å²) in [5, 5.41) is 2.07. The van der Waals surface area contributed by atoms with Crippen molar-refractivity contribution in [2.45, 2.75) is 38.1 Å². The average molecular weight is 457 g/mol. The van der Waals surface area contributed by atoms with Gasteiger partial charge in [-0.2, -0.15) is 0 Å². The molecule has 2 aliphatic heterocycles. The van der Waals surface area contributed by atoms with Gasteiger partial charge in [0.05, 0.1) is 7.11 Å². The van der Waals surface area contributed by atoms with Crippen LogP contribution in [0.25, 0.3) is 10.8 Å². The Labute approximate surface area is 201 Å². The highest BCUT2D eigenvalue weighted by atomic mass is 16.5. The fourth-order valence-corrected chi connectivity index (χ4v) is 5.56. The minimum Gasteiger partial charge on any atom is -0.497 e. The molecule has 0 bridgehead atoms. The molecule has 2 fully saturated rings. The van der Waals surface area contributed by atoms with Crippen molar-refractivity contribution < 1.29 is 14.3 Å². The van der Waals surface area contributed by atoms with Gasteiger partial charge in [-0.15, -0.1) is 0 Å². The second-order valence-electron chi connectivity index (χ2n) is 9.48. The number of methoxy groups -OCH3 is 1. The quantitative estimate of drug-likeness (QED) is 0.547. The van der Waals surface area contributed by atoms with Crippen molar-refractivity contribution >= 4 is 22.6 Å². The van der Waals surface area contributed by atoms with E-state index in [1.165, 1.54) is 5.56 Å². The van der Waals surface area contributed by atoms with Gasteiger partial charge in [0.25, 0.3) is 5.91 Å². The second kappa shape index (κ2) is 9.88. The third kappa shape index (κ3) is 4.52. The number of likely N-dealkylation sites (tertiary alicyclic amines) is 2. The summed E-state index contributed by atoms with van der Waals surface area (Å²) in [6, 6.07) is 22.3. The van der Waals surface area contributed by atoms with Crippen molar-refractivity contribution in [2.24, 2.45) is 5.92 Å². The van der Waals surface area contributed by atoms with Crippen LogP contribution in [0.3, 0.4) is 0 Å². The van der Waals surface area contributed by atoms with Gasteiger partial charge in [-0.1, -0.05) is 48.5 Å². The van der Waals surface area contributed by atoms with E-state index in [0.29, 0.717) is 13.1 Å². The van der Waals surface area contributed by atoms with Crippen LogP contribution in [0.1, 0.15) is 41.6 Å². The Bertz CT molecular complexity index is 1180. The first-order valence-electron chi connectivity index (χ1n) is 12.3. The van der Waals surface area contributed by atoms with Crippen molar-refractivity contribution in [2.75, 3.05) is 26.7 Å². The summed E-state index contributed by atoms with van der Waals surface area (Å²) in [6.07, 6.45) is 4.43. The number of carbonyl (C=O) groups excluding carboxylic acids is 2. The van der Waals surface area contributed by atoms with E-state index in [4.69, 9.17) is 4.74 Å². The number of rotatable bonds is 5. The summed E-state index contributed by atoms with van der Waals surface area (Å²) in [5.41, 5.74) is 1.96. The number of hydrogen-bond acceptors (Lipinski definition) is 3. The molecule has 0 N–H and O–H groups in total. The van der Waals surface area contributed by atoms with Crippen LogP contribution in [0, 0.1) is 5.92 Å². The first-order chi connectivity index (χ1) is 16.6. The monoisotopic (exact) mass is 456 g/mol. The highest BCUT2D eigenvalue weighted by Crippen LogP contribution is 2.29. The van der Waals surface area contributed by atoms with E-state index in [1.807, 2.05) is 59.5 Å². The summed E-state index contributed by atoms with van der Waals surface area (Å²) in [4.78, 5) is 30.7. The van der Waals surface area contributed by atoms with E-state index in [9.17, 15) is 9.59 Å². The molecule has 3 aromatic carbocycles. The summed E-state index contributed by atoms with van der Waals surface area (Å²) in [5.74, 6) is 1.20. The highest BCUT2D eigenvalue weighted by molar-refractivity contribution is 6.07. The summed E-state index contributed by atoms with van der Waals surface area (Å²) >= 11 is 0. The van der Waals surface area contributed by atoms with Gasteiger partial charge in [-0.05, 0) is 66.6 Å². The lowest BCUT2D eigenvalue weighted by Gasteiger charge is -2.35. The van der Waals surface area contributed by atoms with Crippen molar-refractivity contribution in [1.29, 1.82) is 0 Å². The van der Waals surface area contributed by atoms with Gasteiger partial charge < -0.3 is 14.5 Å². The van der Waals surface area contributed by atoms with Crippen molar-refractivity contribution in [1.82, 2.24) is 9.80 Å². The molecule has 0 saturated carbocycles.